The number of carbonyl (C=O) groups is 1. The predicted octanol–water partition coefficient (Wildman–Crippen LogP) is 1.04. The molecule has 2 atom stereocenters. The summed E-state index contributed by atoms with van der Waals surface area (Å²) in [6.45, 7) is 2.11. The number of hydroxylamine groups is 1. The first-order chi connectivity index (χ1) is 8.22. The number of rotatable bonds is 3. The van der Waals surface area contributed by atoms with Crippen molar-refractivity contribution in [3.05, 3.63) is 30.3 Å². The van der Waals surface area contributed by atoms with E-state index in [2.05, 4.69) is 0 Å². The van der Waals surface area contributed by atoms with Crippen molar-refractivity contribution in [3.63, 3.8) is 0 Å². The fraction of sp³-hybridized carbons (Fsp3) is 0.417. The maximum absolute atomic E-state index is 11.5. The lowest BCUT2D eigenvalue weighted by Crippen LogP contribution is -2.35. The Balaban J connectivity index is 2.05. The van der Waals surface area contributed by atoms with Crippen molar-refractivity contribution in [1.82, 2.24) is 0 Å². The minimum atomic E-state index is -0.606. The summed E-state index contributed by atoms with van der Waals surface area (Å²) in [5.41, 5.74) is 6.77. The molecular weight excluding hydrogens is 220 g/mol. The van der Waals surface area contributed by atoms with Gasteiger partial charge in [-0.2, -0.15) is 0 Å². The van der Waals surface area contributed by atoms with Gasteiger partial charge in [0.05, 0.1) is 12.3 Å². The third-order valence-electron chi connectivity index (χ3n) is 2.56. The highest BCUT2D eigenvalue weighted by Crippen LogP contribution is 2.25. The molecule has 92 valence electrons. The van der Waals surface area contributed by atoms with Crippen LogP contribution >= 0.6 is 0 Å². The third-order valence-corrected chi connectivity index (χ3v) is 2.56. The van der Waals surface area contributed by atoms with Crippen molar-refractivity contribution in [2.45, 2.75) is 25.6 Å². The van der Waals surface area contributed by atoms with Gasteiger partial charge in [0.25, 0.3) is 0 Å². The van der Waals surface area contributed by atoms with E-state index in [1.165, 1.54) is 0 Å². The smallest absolute Gasteiger partial charge is 0.338 e. The number of anilines is 1. The molecule has 1 aliphatic heterocycles. The zero-order chi connectivity index (χ0) is 12.3. The van der Waals surface area contributed by atoms with E-state index in [1.807, 2.05) is 30.3 Å². The second kappa shape index (κ2) is 5.16. The second-order valence-electron chi connectivity index (χ2n) is 3.81. The summed E-state index contributed by atoms with van der Waals surface area (Å²) in [5.74, 6) is -0.360. The first kappa shape index (κ1) is 11.9. The lowest BCUT2D eigenvalue weighted by Gasteiger charge is -2.21. The number of ether oxygens (including phenoxy) is 1. The topological polar surface area (TPSA) is 64.8 Å². The van der Waals surface area contributed by atoms with Gasteiger partial charge in [0, 0.05) is 6.42 Å². The quantitative estimate of drug-likeness (QED) is 0.794. The van der Waals surface area contributed by atoms with E-state index in [0.717, 1.165) is 5.69 Å². The van der Waals surface area contributed by atoms with Gasteiger partial charge >= 0.3 is 5.97 Å². The molecule has 0 amide bonds. The normalized spacial score (nSPS) is 23.8. The highest BCUT2D eigenvalue weighted by atomic mass is 16.7. The predicted molar refractivity (Wildman–Crippen MR) is 63.0 cm³/mol. The summed E-state index contributed by atoms with van der Waals surface area (Å²) in [7, 11) is 0. The zero-order valence-corrected chi connectivity index (χ0v) is 9.70. The van der Waals surface area contributed by atoms with E-state index < -0.39 is 6.10 Å². The number of esters is 1. The molecule has 1 aliphatic rings. The largest absolute Gasteiger partial charge is 0.464 e. The maximum atomic E-state index is 11.5. The van der Waals surface area contributed by atoms with Gasteiger partial charge in [-0.05, 0) is 19.1 Å². The lowest BCUT2D eigenvalue weighted by molar-refractivity contribution is -0.154. The van der Waals surface area contributed by atoms with Gasteiger partial charge in [0.1, 0.15) is 6.17 Å². The Hall–Kier alpha value is -1.59. The molecule has 0 unspecified atom stereocenters. The Bertz CT molecular complexity index is 383. The average molecular weight is 236 g/mol. The van der Waals surface area contributed by atoms with Crippen LogP contribution in [-0.4, -0.2) is 24.8 Å². The molecule has 17 heavy (non-hydrogen) atoms. The number of nitrogens with two attached hydrogens (primary N) is 1. The Morgan fingerprint density at radius 3 is 2.88 bits per heavy atom. The Labute approximate surface area is 100 Å². The zero-order valence-electron chi connectivity index (χ0n) is 9.70. The Morgan fingerprint density at radius 1 is 1.53 bits per heavy atom. The molecule has 2 rings (SSSR count). The number of benzene rings is 1. The molecule has 2 N–H and O–H groups in total. The number of nitrogens with zero attached hydrogens (tertiary/aromatic N) is 1. The van der Waals surface area contributed by atoms with Crippen LogP contribution < -0.4 is 10.8 Å². The van der Waals surface area contributed by atoms with Gasteiger partial charge in [0.15, 0.2) is 6.10 Å². The molecule has 1 heterocycles. The van der Waals surface area contributed by atoms with Crippen LogP contribution in [0.2, 0.25) is 0 Å². The molecule has 5 heteroatoms. The molecule has 0 bridgehead atoms. The van der Waals surface area contributed by atoms with E-state index in [1.54, 1.807) is 12.0 Å². The summed E-state index contributed by atoms with van der Waals surface area (Å²) in [6, 6.07) is 9.46. The molecular formula is C12H16N2O3. The van der Waals surface area contributed by atoms with Crippen LogP contribution in [0.3, 0.4) is 0 Å². The SMILES string of the molecule is CCOC(=O)[C@H]1C[C@@H](N)N(c2ccccc2)O1. The summed E-state index contributed by atoms with van der Waals surface area (Å²) in [4.78, 5) is 17.0. The molecule has 0 saturated carbocycles. The average Bonchev–Trinajstić information content (AvgIpc) is 2.73. The van der Waals surface area contributed by atoms with Gasteiger partial charge in [-0.1, -0.05) is 18.2 Å². The van der Waals surface area contributed by atoms with Crippen LogP contribution in [0.1, 0.15) is 13.3 Å². The Morgan fingerprint density at radius 2 is 2.24 bits per heavy atom. The van der Waals surface area contributed by atoms with E-state index >= 15 is 0 Å². The molecule has 0 radical (unpaired) electrons. The van der Waals surface area contributed by atoms with E-state index in [9.17, 15) is 4.79 Å². The number of hydrogen-bond donors (Lipinski definition) is 1. The molecule has 0 aliphatic carbocycles. The molecule has 5 nitrogen and oxygen atoms in total. The lowest BCUT2D eigenvalue weighted by atomic mass is 10.2. The number of carbonyl (C=O) groups excluding carboxylic acids is 1. The van der Waals surface area contributed by atoms with Crippen LogP contribution in [0.4, 0.5) is 5.69 Å². The minimum Gasteiger partial charge on any atom is -0.464 e. The third kappa shape index (κ3) is 2.57. The van der Waals surface area contributed by atoms with Crippen molar-refractivity contribution in [2.75, 3.05) is 11.7 Å². The van der Waals surface area contributed by atoms with Gasteiger partial charge in [-0.15, -0.1) is 0 Å². The summed E-state index contributed by atoms with van der Waals surface area (Å²) >= 11 is 0. The van der Waals surface area contributed by atoms with Crippen molar-refractivity contribution >= 4 is 11.7 Å². The van der Waals surface area contributed by atoms with Crippen LogP contribution in [0, 0.1) is 0 Å². The summed E-state index contributed by atoms with van der Waals surface area (Å²) in [5, 5.41) is 1.56. The molecule has 1 aromatic rings. The van der Waals surface area contributed by atoms with Crippen LogP contribution in [0.5, 0.6) is 0 Å². The first-order valence-corrected chi connectivity index (χ1v) is 5.65. The standard InChI is InChI=1S/C12H16N2O3/c1-2-16-12(15)10-8-11(13)14(17-10)9-6-4-3-5-7-9/h3-7,10-11H,2,8,13H2,1H3/t10-,11+/m1/s1. The van der Waals surface area contributed by atoms with Crippen molar-refractivity contribution in [1.29, 1.82) is 0 Å². The van der Waals surface area contributed by atoms with Gasteiger partial charge in [-0.25, -0.2) is 9.86 Å². The summed E-state index contributed by atoms with van der Waals surface area (Å²) in [6.07, 6.45) is -0.495. The van der Waals surface area contributed by atoms with Crippen molar-refractivity contribution in [2.24, 2.45) is 5.73 Å². The fourth-order valence-corrected chi connectivity index (χ4v) is 1.78. The Kier molecular flexibility index (Phi) is 3.61. The molecule has 1 aromatic carbocycles. The highest BCUT2D eigenvalue weighted by Gasteiger charge is 2.36. The van der Waals surface area contributed by atoms with Crippen molar-refractivity contribution in [3.8, 4) is 0 Å². The second-order valence-corrected chi connectivity index (χ2v) is 3.81. The fourth-order valence-electron chi connectivity index (χ4n) is 1.78. The van der Waals surface area contributed by atoms with E-state index in [0.29, 0.717) is 13.0 Å². The monoisotopic (exact) mass is 236 g/mol. The van der Waals surface area contributed by atoms with Crippen LogP contribution in [0.15, 0.2) is 30.3 Å². The van der Waals surface area contributed by atoms with Gasteiger partial charge in [0.2, 0.25) is 0 Å². The maximum Gasteiger partial charge on any atom is 0.338 e. The van der Waals surface area contributed by atoms with E-state index in [4.69, 9.17) is 15.3 Å². The summed E-state index contributed by atoms with van der Waals surface area (Å²) < 4.78 is 4.91. The molecule has 1 fully saturated rings. The number of hydrogen-bond acceptors (Lipinski definition) is 5. The highest BCUT2D eigenvalue weighted by molar-refractivity contribution is 5.75. The van der Waals surface area contributed by atoms with Gasteiger partial charge in [-0.3, -0.25) is 4.84 Å². The minimum absolute atomic E-state index is 0.327. The molecule has 0 spiro atoms. The first-order valence-electron chi connectivity index (χ1n) is 5.65. The number of para-hydroxylation sites is 1. The molecule has 0 aromatic heterocycles. The van der Waals surface area contributed by atoms with Crippen LogP contribution in [0.25, 0.3) is 0 Å². The van der Waals surface area contributed by atoms with Gasteiger partial charge < -0.3 is 10.5 Å². The molecule has 1 saturated heterocycles. The van der Waals surface area contributed by atoms with E-state index in [-0.39, 0.29) is 12.1 Å². The van der Waals surface area contributed by atoms with Crippen molar-refractivity contribution < 1.29 is 14.4 Å². The van der Waals surface area contributed by atoms with Crippen LogP contribution in [-0.2, 0) is 14.4 Å².